The highest BCUT2D eigenvalue weighted by Gasteiger charge is 2.19. The van der Waals surface area contributed by atoms with Crippen molar-refractivity contribution in [2.24, 2.45) is 0 Å². The number of aliphatic hydroxyl groups excluding tert-OH is 1. The molecule has 14 heavy (non-hydrogen) atoms. The maximum atomic E-state index is 9.24. The van der Waals surface area contributed by atoms with E-state index >= 15 is 0 Å². The summed E-state index contributed by atoms with van der Waals surface area (Å²) in [4.78, 5) is 0. The Morgan fingerprint density at radius 3 is 2.43 bits per heavy atom. The molecule has 0 saturated carbocycles. The first-order valence-electron chi connectivity index (χ1n) is 5.10. The number of thioether (sulfide) groups is 1. The fourth-order valence-electron chi connectivity index (χ4n) is 1.70. The molecule has 1 N–H and O–H groups in total. The molecule has 2 rings (SSSR count). The SMILES string of the molecule is CC(O)Cc1ccc(C2CSC2)cc1. The quantitative estimate of drug-likeness (QED) is 0.823. The second kappa shape index (κ2) is 4.37. The highest BCUT2D eigenvalue weighted by molar-refractivity contribution is 8.00. The van der Waals surface area contributed by atoms with Gasteiger partial charge in [0.1, 0.15) is 0 Å². The van der Waals surface area contributed by atoms with Crippen LogP contribution in [0.15, 0.2) is 24.3 Å². The fraction of sp³-hybridized carbons (Fsp3) is 0.500. The predicted molar refractivity (Wildman–Crippen MR) is 61.9 cm³/mol. The van der Waals surface area contributed by atoms with Crippen LogP contribution < -0.4 is 0 Å². The van der Waals surface area contributed by atoms with Crippen LogP contribution in [0.4, 0.5) is 0 Å². The largest absolute Gasteiger partial charge is 0.393 e. The van der Waals surface area contributed by atoms with Crippen LogP contribution in [-0.4, -0.2) is 22.7 Å². The average Bonchev–Trinajstić information content (AvgIpc) is 2.04. The van der Waals surface area contributed by atoms with Crippen LogP contribution in [0.3, 0.4) is 0 Å². The highest BCUT2D eigenvalue weighted by Crippen LogP contribution is 2.33. The monoisotopic (exact) mass is 208 g/mol. The standard InChI is InChI=1S/C12H16OS/c1-9(13)6-10-2-4-11(5-3-10)12-7-14-8-12/h2-5,9,12-13H,6-8H2,1H3. The molecular weight excluding hydrogens is 192 g/mol. The Morgan fingerprint density at radius 2 is 2.00 bits per heavy atom. The van der Waals surface area contributed by atoms with Gasteiger partial charge in [0, 0.05) is 17.4 Å². The average molecular weight is 208 g/mol. The second-order valence-electron chi connectivity index (χ2n) is 4.03. The predicted octanol–water partition coefficient (Wildman–Crippen LogP) is 2.44. The van der Waals surface area contributed by atoms with Crippen LogP contribution in [0.5, 0.6) is 0 Å². The van der Waals surface area contributed by atoms with Gasteiger partial charge in [0.2, 0.25) is 0 Å². The van der Waals surface area contributed by atoms with E-state index in [4.69, 9.17) is 0 Å². The molecule has 1 saturated heterocycles. The number of hydrogen-bond donors (Lipinski definition) is 1. The van der Waals surface area contributed by atoms with Gasteiger partial charge in [-0.1, -0.05) is 24.3 Å². The van der Waals surface area contributed by atoms with Crippen LogP contribution in [-0.2, 0) is 6.42 Å². The van der Waals surface area contributed by atoms with Gasteiger partial charge < -0.3 is 5.11 Å². The molecule has 0 amide bonds. The van der Waals surface area contributed by atoms with Gasteiger partial charge in [-0.2, -0.15) is 11.8 Å². The van der Waals surface area contributed by atoms with Gasteiger partial charge in [-0.3, -0.25) is 0 Å². The van der Waals surface area contributed by atoms with E-state index in [1.54, 1.807) is 0 Å². The Bertz CT molecular complexity index is 288. The van der Waals surface area contributed by atoms with E-state index in [2.05, 4.69) is 24.3 Å². The van der Waals surface area contributed by atoms with Crippen molar-refractivity contribution in [2.75, 3.05) is 11.5 Å². The summed E-state index contributed by atoms with van der Waals surface area (Å²) in [5, 5.41) is 9.24. The number of aliphatic hydroxyl groups is 1. The van der Waals surface area contributed by atoms with E-state index in [9.17, 15) is 5.11 Å². The molecule has 1 fully saturated rings. The zero-order valence-corrected chi connectivity index (χ0v) is 9.26. The van der Waals surface area contributed by atoms with Crippen LogP contribution in [0.1, 0.15) is 24.0 Å². The van der Waals surface area contributed by atoms with Crippen molar-refractivity contribution in [1.82, 2.24) is 0 Å². The van der Waals surface area contributed by atoms with E-state index in [-0.39, 0.29) is 6.10 Å². The first-order valence-corrected chi connectivity index (χ1v) is 6.26. The third-order valence-corrected chi connectivity index (χ3v) is 3.90. The van der Waals surface area contributed by atoms with E-state index < -0.39 is 0 Å². The summed E-state index contributed by atoms with van der Waals surface area (Å²) in [7, 11) is 0. The number of hydrogen-bond acceptors (Lipinski definition) is 2. The van der Waals surface area contributed by atoms with Gasteiger partial charge in [-0.15, -0.1) is 0 Å². The van der Waals surface area contributed by atoms with Crippen LogP contribution in [0.25, 0.3) is 0 Å². The van der Waals surface area contributed by atoms with Crippen molar-refractivity contribution in [1.29, 1.82) is 0 Å². The van der Waals surface area contributed by atoms with E-state index in [1.165, 1.54) is 22.6 Å². The first-order chi connectivity index (χ1) is 6.75. The fourth-order valence-corrected chi connectivity index (χ4v) is 2.55. The second-order valence-corrected chi connectivity index (χ2v) is 5.10. The van der Waals surface area contributed by atoms with Gasteiger partial charge in [0.25, 0.3) is 0 Å². The Balaban J connectivity index is 2.02. The maximum Gasteiger partial charge on any atom is 0.0552 e. The van der Waals surface area contributed by atoms with Gasteiger partial charge >= 0.3 is 0 Å². The molecule has 0 bridgehead atoms. The van der Waals surface area contributed by atoms with Gasteiger partial charge in [-0.05, 0) is 24.5 Å². The molecule has 1 heterocycles. The summed E-state index contributed by atoms with van der Waals surface area (Å²) in [5.41, 5.74) is 2.69. The van der Waals surface area contributed by atoms with Gasteiger partial charge in [-0.25, -0.2) is 0 Å². The van der Waals surface area contributed by atoms with Crippen LogP contribution in [0, 0.1) is 0 Å². The molecule has 0 aliphatic carbocycles. The Kier molecular flexibility index (Phi) is 3.14. The molecule has 0 spiro atoms. The first kappa shape index (κ1) is 10.1. The molecule has 2 heteroatoms. The lowest BCUT2D eigenvalue weighted by molar-refractivity contribution is 0.195. The van der Waals surface area contributed by atoms with Crippen molar-refractivity contribution in [2.45, 2.75) is 25.4 Å². The minimum absolute atomic E-state index is 0.236. The summed E-state index contributed by atoms with van der Waals surface area (Å²) in [6.45, 7) is 1.83. The van der Waals surface area contributed by atoms with E-state index in [0.717, 1.165) is 12.3 Å². The van der Waals surface area contributed by atoms with E-state index in [0.29, 0.717) is 0 Å². The maximum absolute atomic E-state index is 9.24. The molecular formula is C12H16OS. The molecule has 1 aromatic carbocycles. The molecule has 1 aliphatic heterocycles. The lowest BCUT2D eigenvalue weighted by Crippen LogP contribution is -2.15. The topological polar surface area (TPSA) is 20.2 Å². The molecule has 1 atom stereocenters. The minimum Gasteiger partial charge on any atom is -0.393 e. The molecule has 1 aromatic rings. The third kappa shape index (κ3) is 2.31. The zero-order chi connectivity index (χ0) is 9.97. The molecule has 0 aromatic heterocycles. The number of benzene rings is 1. The van der Waals surface area contributed by atoms with Crippen molar-refractivity contribution in [3.8, 4) is 0 Å². The van der Waals surface area contributed by atoms with Gasteiger partial charge in [0.15, 0.2) is 0 Å². The lowest BCUT2D eigenvalue weighted by Gasteiger charge is -2.25. The highest BCUT2D eigenvalue weighted by atomic mass is 32.2. The van der Waals surface area contributed by atoms with E-state index in [1.807, 2.05) is 18.7 Å². The minimum atomic E-state index is -0.236. The van der Waals surface area contributed by atoms with Crippen LogP contribution in [0.2, 0.25) is 0 Å². The summed E-state index contributed by atoms with van der Waals surface area (Å²) >= 11 is 2.01. The lowest BCUT2D eigenvalue weighted by atomic mass is 9.99. The normalized spacial score (nSPS) is 19.0. The summed E-state index contributed by atoms with van der Waals surface area (Å²) in [6, 6.07) is 8.71. The summed E-state index contributed by atoms with van der Waals surface area (Å²) < 4.78 is 0. The summed E-state index contributed by atoms with van der Waals surface area (Å²) in [6.07, 6.45) is 0.528. The Hall–Kier alpha value is -0.470. The molecule has 1 aliphatic rings. The Morgan fingerprint density at radius 1 is 1.36 bits per heavy atom. The van der Waals surface area contributed by atoms with Crippen molar-refractivity contribution >= 4 is 11.8 Å². The van der Waals surface area contributed by atoms with Crippen molar-refractivity contribution in [3.05, 3.63) is 35.4 Å². The zero-order valence-electron chi connectivity index (χ0n) is 8.44. The molecule has 1 nitrogen and oxygen atoms in total. The van der Waals surface area contributed by atoms with Crippen molar-refractivity contribution in [3.63, 3.8) is 0 Å². The molecule has 0 radical (unpaired) electrons. The number of rotatable bonds is 3. The molecule has 76 valence electrons. The molecule has 1 unspecified atom stereocenters. The Labute approximate surface area is 89.5 Å². The van der Waals surface area contributed by atoms with Crippen LogP contribution >= 0.6 is 11.8 Å². The smallest absolute Gasteiger partial charge is 0.0552 e. The third-order valence-electron chi connectivity index (χ3n) is 2.62. The van der Waals surface area contributed by atoms with Gasteiger partial charge in [0.05, 0.1) is 6.10 Å². The van der Waals surface area contributed by atoms with Crippen molar-refractivity contribution < 1.29 is 5.11 Å². The summed E-state index contributed by atoms with van der Waals surface area (Å²) in [5.74, 6) is 3.33.